The van der Waals surface area contributed by atoms with E-state index in [9.17, 15) is 9.59 Å². The Morgan fingerprint density at radius 2 is 1.64 bits per heavy atom. The first-order valence-corrected chi connectivity index (χ1v) is 7.99. The maximum atomic E-state index is 12.8. The smallest absolute Gasteiger partial charge is 0.267 e. The first-order chi connectivity index (χ1) is 12.1. The van der Waals surface area contributed by atoms with Crippen LogP contribution in [0, 0.1) is 0 Å². The molecule has 2 aromatic heterocycles. The van der Waals surface area contributed by atoms with Crippen molar-refractivity contribution in [1.29, 1.82) is 0 Å². The Kier molecular flexibility index (Phi) is 3.81. The van der Waals surface area contributed by atoms with Crippen molar-refractivity contribution < 1.29 is 14.2 Å². The van der Waals surface area contributed by atoms with Gasteiger partial charge in [-0.2, -0.15) is 0 Å². The molecule has 1 fully saturated rings. The number of benzene rings is 1. The summed E-state index contributed by atoms with van der Waals surface area (Å²) in [5, 5.41) is 10.6. The molecule has 0 atom stereocenters. The Balaban J connectivity index is 1.60. The lowest BCUT2D eigenvalue weighted by Gasteiger charge is -2.27. The van der Waals surface area contributed by atoms with E-state index in [-0.39, 0.29) is 11.8 Å². The minimum atomic E-state index is -0.292. The molecule has 0 saturated carbocycles. The summed E-state index contributed by atoms with van der Waals surface area (Å²) in [7, 11) is 0. The largest absolute Gasteiger partial charge is 0.274 e. The first-order valence-electron chi connectivity index (χ1n) is 7.61. The fraction of sp³-hybridized carbons (Fsp3) is 0.188. The summed E-state index contributed by atoms with van der Waals surface area (Å²) in [6.45, 7) is 0.918. The number of hydrogen-bond acceptors (Lipinski definition) is 6. The molecule has 3 heterocycles. The zero-order valence-corrected chi connectivity index (χ0v) is 13.7. The van der Waals surface area contributed by atoms with Crippen molar-refractivity contribution in [2.45, 2.75) is 6.42 Å². The Labute approximate surface area is 146 Å². The minimum Gasteiger partial charge on any atom is -0.267 e. The molecule has 0 N–H and O–H groups in total. The van der Waals surface area contributed by atoms with Gasteiger partial charge in [0.15, 0.2) is 0 Å². The average molecular weight is 358 g/mol. The van der Waals surface area contributed by atoms with Gasteiger partial charge in [-0.1, -0.05) is 11.6 Å². The molecule has 0 spiro atoms. The van der Waals surface area contributed by atoms with Gasteiger partial charge >= 0.3 is 0 Å². The van der Waals surface area contributed by atoms with Gasteiger partial charge in [0, 0.05) is 24.8 Å². The molecule has 8 nitrogen and oxygen atoms in total. The summed E-state index contributed by atoms with van der Waals surface area (Å²) in [6.07, 6.45) is 2.10. The maximum Gasteiger partial charge on any atom is 0.274 e. The normalized spacial score (nSPS) is 14.3. The monoisotopic (exact) mass is 357 g/mol. The van der Waals surface area contributed by atoms with E-state index in [1.165, 1.54) is 16.2 Å². The SMILES string of the molecule is O=C(c1ccc(Cl)nc1)N1CCCN1C(=O)c1ccc2nonc2c1. The highest BCUT2D eigenvalue weighted by atomic mass is 35.5. The highest BCUT2D eigenvalue weighted by Gasteiger charge is 2.32. The topological polar surface area (TPSA) is 92.4 Å². The van der Waals surface area contributed by atoms with Gasteiger partial charge in [-0.3, -0.25) is 9.59 Å². The van der Waals surface area contributed by atoms with Gasteiger partial charge in [0.05, 0.1) is 5.56 Å². The second-order valence-corrected chi connectivity index (χ2v) is 5.93. The molecule has 0 bridgehead atoms. The lowest BCUT2D eigenvalue weighted by Crippen LogP contribution is -2.44. The molecule has 1 aromatic carbocycles. The maximum absolute atomic E-state index is 12.8. The summed E-state index contributed by atoms with van der Waals surface area (Å²) in [4.78, 5) is 29.4. The van der Waals surface area contributed by atoms with Gasteiger partial charge in [0.25, 0.3) is 11.8 Å². The van der Waals surface area contributed by atoms with Crippen molar-refractivity contribution in [2.75, 3.05) is 13.1 Å². The Bertz CT molecular complexity index is 956. The van der Waals surface area contributed by atoms with Crippen molar-refractivity contribution in [3.8, 4) is 0 Å². The minimum absolute atomic E-state index is 0.280. The molecular weight excluding hydrogens is 346 g/mol. The molecular formula is C16H12ClN5O3. The van der Waals surface area contributed by atoms with Crippen LogP contribution in [-0.2, 0) is 0 Å². The van der Waals surface area contributed by atoms with E-state index >= 15 is 0 Å². The molecule has 3 aromatic rings. The van der Waals surface area contributed by atoms with Crippen LogP contribution in [0.4, 0.5) is 0 Å². The van der Waals surface area contributed by atoms with Gasteiger partial charge in [-0.25, -0.2) is 19.6 Å². The third-order valence-corrected chi connectivity index (χ3v) is 4.20. The molecule has 1 aliphatic rings. The van der Waals surface area contributed by atoms with Crippen LogP contribution >= 0.6 is 11.6 Å². The number of carbonyl (C=O) groups is 2. The van der Waals surface area contributed by atoms with E-state index in [1.54, 1.807) is 30.3 Å². The highest BCUT2D eigenvalue weighted by molar-refractivity contribution is 6.29. The van der Waals surface area contributed by atoms with E-state index in [4.69, 9.17) is 11.6 Å². The number of rotatable bonds is 2. The van der Waals surface area contributed by atoms with E-state index in [1.807, 2.05) is 0 Å². The summed E-state index contributed by atoms with van der Waals surface area (Å²) in [5.41, 5.74) is 1.85. The van der Waals surface area contributed by atoms with E-state index < -0.39 is 0 Å². The van der Waals surface area contributed by atoms with Gasteiger partial charge in [0.1, 0.15) is 16.2 Å². The predicted octanol–water partition coefficient (Wildman–Crippen LogP) is 2.17. The number of hydrazine groups is 1. The third-order valence-electron chi connectivity index (χ3n) is 3.98. The Morgan fingerprint density at radius 1 is 0.960 bits per heavy atom. The van der Waals surface area contributed by atoms with Gasteiger partial charge < -0.3 is 0 Å². The number of hydrogen-bond donors (Lipinski definition) is 0. The van der Waals surface area contributed by atoms with Crippen molar-refractivity contribution in [1.82, 2.24) is 25.3 Å². The molecule has 1 saturated heterocycles. The van der Waals surface area contributed by atoms with Crippen LogP contribution < -0.4 is 0 Å². The van der Waals surface area contributed by atoms with Crippen LogP contribution in [0.1, 0.15) is 27.1 Å². The summed E-state index contributed by atoms with van der Waals surface area (Å²) >= 11 is 5.75. The molecule has 2 amide bonds. The van der Waals surface area contributed by atoms with Crippen LogP contribution in [0.15, 0.2) is 41.2 Å². The van der Waals surface area contributed by atoms with E-state index in [0.29, 0.717) is 46.8 Å². The van der Waals surface area contributed by atoms with Crippen molar-refractivity contribution >= 4 is 34.4 Å². The summed E-state index contributed by atoms with van der Waals surface area (Å²) < 4.78 is 4.64. The standard InChI is InChI=1S/C16H12ClN5O3/c17-14-5-3-11(9-18-14)16(24)22-7-1-6-21(22)15(23)10-2-4-12-13(8-10)20-25-19-12/h2-5,8-9H,1,6-7H2. The van der Waals surface area contributed by atoms with Crippen molar-refractivity contribution in [2.24, 2.45) is 0 Å². The third kappa shape index (κ3) is 2.80. The predicted molar refractivity (Wildman–Crippen MR) is 87.7 cm³/mol. The van der Waals surface area contributed by atoms with Crippen molar-refractivity contribution in [3.05, 3.63) is 52.8 Å². The van der Waals surface area contributed by atoms with Crippen LogP contribution in [0.5, 0.6) is 0 Å². The molecule has 4 rings (SSSR count). The Morgan fingerprint density at radius 3 is 2.36 bits per heavy atom. The molecule has 0 unspecified atom stereocenters. The lowest BCUT2D eigenvalue weighted by molar-refractivity contribution is 0.0186. The number of nitrogens with zero attached hydrogens (tertiary/aromatic N) is 5. The molecule has 0 aliphatic carbocycles. The van der Waals surface area contributed by atoms with Crippen LogP contribution in [0.3, 0.4) is 0 Å². The second-order valence-electron chi connectivity index (χ2n) is 5.55. The first kappa shape index (κ1) is 15.5. The van der Waals surface area contributed by atoms with Crippen LogP contribution in [0.25, 0.3) is 11.0 Å². The summed E-state index contributed by atoms with van der Waals surface area (Å²) in [6, 6.07) is 8.03. The zero-order valence-electron chi connectivity index (χ0n) is 12.9. The molecule has 9 heteroatoms. The molecule has 0 radical (unpaired) electrons. The Hall–Kier alpha value is -3.00. The fourth-order valence-corrected chi connectivity index (χ4v) is 2.86. The molecule has 25 heavy (non-hydrogen) atoms. The number of amides is 2. The molecule has 126 valence electrons. The lowest BCUT2D eigenvalue weighted by atomic mass is 10.2. The number of halogens is 1. The second kappa shape index (κ2) is 6.14. The quantitative estimate of drug-likeness (QED) is 0.653. The number of carbonyl (C=O) groups excluding carboxylic acids is 2. The zero-order chi connectivity index (χ0) is 17.4. The summed E-state index contributed by atoms with van der Waals surface area (Å²) in [5.74, 6) is -0.572. The van der Waals surface area contributed by atoms with Gasteiger partial charge in [0.2, 0.25) is 0 Å². The van der Waals surface area contributed by atoms with E-state index in [2.05, 4.69) is 19.9 Å². The molecule has 1 aliphatic heterocycles. The number of pyridine rings is 1. The van der Waals surface area contributed by atoms with Crippen LogP contribution in [0.2, 0.25) is 5.15 Å². The number of fused-ring (bicyclic) bond motifs is 1. The highest BCUT2D eigenvalue weighted by Crippen LogP contribution is 2.20. The van der Waals surface area contributed by atoms with Crippen LogP contribution in [-0.4, -0.2) is 50.2 Å². The number of aromatic nitrogens is 3. The van der Waals surface area contributed by atoms with Gasteiger partial charge in [-0.05, 0) is 47.1 Å². The fourth-order valence-electron chi connectivity index (χ4n) is 2.75. The van der Waals surface area contributed by atoms with Crippen molar-refractivity contribution in [3.63, 3.8) is 0 Å². The van der Waals surface area contributed by atoms with E-state index in [0.717, 1.165) is 0 Å². The van der Waals surface area contributed by atoms with Gasteiger partial charge in [-0.15, -0.1) is 0 Å². The average Bonchev–Trinajstić information content (AvgIpc) is 3.29.